The van der Waals surface area contributed by atoms with Crippen molar-refractivity contribution in [2.75, 3.05) is 19.8 Å². The first-order valence-electron chi connectivity index (χ1n) is 10.5. The van der Waals surface area contributed by atoms with Gasteiger partial charge in [-0.05, 0) is 24.5 Å². The Morgan fingerprint density at radius 1 is 1.19 bits per heavy atom. The van der Waals surface area contributed by atoms with Crippen LogP contribution in [-0.2, 0) is 10.2 Å². The van der Waals surface area contributed by atoms with Gasteiger partial charge in [0, 0.05) is 23.5 Å². The van der Waals surface area contributed by atoms with Crippen molar-refractivity contribution in [2.45, 2.75) is 43.0 Å². The van der Waals surface area contributed by atoms with Crippen LogP contribution in [0.2, 0.25) is 5.02 Å². The van der Waals surface area contributed by atoms with Gasteiger partial charge in [0.2, 0.25) is 0 Å². The summed E-state index contributed by atoms with van der Waals surface area (Å²) in [4.78, 5) is 7.88. The Bertz CT molecular complexity index is 1080. The number of halogens is 1. The lowest BCUT2D eigenvalue weighted by Crippen LogP contribution is -2.45. The molecule has 0 amide bonds. The number of ether oxygens (including phenoxy) is 2. The first-order chi connectivity index (χ1) is 15.0. The monoisotopic (exact) mass is 444 g/mol. The minimum Gasteiger partial charge on any atom is -0.473 e. The number of pyridine rings is 1. The summed E-state index contributed by atoms with van der Waals surface area (Å²) in [5, 5.41) is 29.4. The minimum atomic E-state index is -0.768. The first kappa shape index (κ1) is 20.7. The summed E-state index contributed by atoms with van der Waals surface area (Å²) in [7, 11) is 0. The van der Waals surface area contributed by atoms with Crippen LogP contribution in [0.3, 0.4) is 0 Å². The van der Waals surface area contributed by atoms with E-state index in [4.69, 9.17) is 26.1 Å². The van der Waals surface area contributed by atoms with E-state index in [1.807, 2.05) is 30.3 Å². The molecular weight excluding hydrogens is 420 g/mol. The van der Waals surface area contributed by atoms with Crippen molar-refractivity contribution in [3.8, 4) is 17.1 Å². The molecule has 0 radical (unpaired) electrons. The third-order valence-corrected chi connectivity index (χ3v) is 6.65. The normalized spacial score (nSPS) is 25.0. The average Bonchev–Trinajstić information content (AvgIpc) is 3.48. The number of rotatable bonds is 6. The fourth-order valence-electron chi connectivity index (χ4n) is 4.21. The molecule has 1 aromatic carbocycles. The molecule has 3 aromatic rings. The van der Waals surface area contributed by atoms with Crippen LogP contribution in [0.1, 0.15) is 24.8 Å². The second kappa shape index (κ2) is 8.07. The van der Waals surface area contributed by atoms with Gasteiger partial charge >= 0.3 is 0 Å². The lowest BCUT2D eigenvalue weighted by atomic mass is 9.95. The zero-order chi connectivity index (χ0) is 21.6. The van der Waals surface area contributed by atoms with E-state index in [0.29, 0.717) is 29.6 Å². The molecule has 3 atom stereocenters. The predicted molar refractivity (Wildman–Crippen MR) is 116 cm³/mol. The first-order valence-corrected chi connectivity index (χ1v) is 10.9. The molecule has 5 rings (SSSR count). The highest BCUT2D eigenvalue weighted by molar-refractivity contribution is 6.33. The molecular formula is C23H25ClN2O5. The van der Waals surface area contributed by atoms with Crippen molar-refractivity contribution in [1.29, 1.82) is 0 Å². The van der Waals surface area contributed by atoms with Crippen molar-refractivity contribution >= 4 is 22.6 Å². The Morgan fingerprint density at radius 2 is 1.97 bits per heavy atom. The van der Waals surface area contributed by atoms with Crippen LogP contribution in [0.25, 0.3) is 22.3 Å². The van der Waals surface area contributed by atoms with Crippen LogP contribution in [0.5, 0.6) is 5.88 Å². The zero-order valence-electron chi connectivity index (χ0n) is 16.9. The van der Waals surface area contributed by atoms with Crippen molar-refractivity contribution in [3.63, 3.8) is 0 Å². The third kappa shape index (κ3) is 3.92. The number of aliphatic hydroxyl groups is 3. The average molecular weight is 445 g/mol. The van der Waals surface area contributed by atoms with Crippen molar-refractivity contribution in [1.82, 2.24) is 9.97 Å². The van der Waals surface area contributed by atoms with E-state index in [1.165, 1.54) is 0 Å². The van der Waals surface area contributed by atoms with Crippen LogP contribution < -0.4 is 4.74 Å². The van der Waals surface area contributed by atoms with Gasteiger partial charge in [-0.25, -0.2) is 4.98 Å². The molecule has 2 aliphatic rings. The number of fused-ring (bicyclic) bond motifs is 1. The van der Waals surface area contributed by atoms with E-state index in [9.17, 15) is 15.3 Å². The highest BCUT2D eigenvalue weighted by Gasteiger charge is 2.43. The Balaban J connectivity index is 1.36. The maximum atomic E-state index is 10.0. The zero-order valence-corrected chi connectivity index (χ0v) is 17.7. The van der Waals surface area contributed by atoms with Gasteiger partial charge < -0.3 is 29.8 Å². The molecule has 31 heavy (non-hydrogen) atoms. The number of aromatic amines is 1. The number of benzene rings is 1. The van der Waals surface area contributed by atoms with Crippen LogP contribution in [-0.4, -0.2) is 63.4 Å². The highest BCUT2D eigenvalue weighted by Crippen LogP contribution is 2.48. The van der Waals surface area contributed by atoms with Crippen LogP contribution in [0, 0.1) is 0 Å². The number of nitrogens with one attached hydrogen (secondary N) is 1. The van der Waals surface area contributed by atoms with E-state index in [1.54, 1.807) is 6.07 Å². The summed E-state index contributed by atoms with van der Waals surface area (Å²) in [5.41, 5.74) is 4.14. The van der Waals surface area contributed by atoms with Crippen molar-refractivity contribution < 1.29 is 24.8 Å². The third-order valence-electron chi connectivity index (χ3n) is 6.36. The fraction of sp³-hybridized carbons (Fsp3) is 0.435. The summed E-state index contributed by atoms with van der Waals surface area (Å²) >= 11 is 6.52. The summed E-state index contributed by atoms with van der Waals surface area (Å²) in [6.45, 7) is 0.249. The number of aromatic nitrogens is 2. The lowest BCUT2D eigenvalue weighted by molar-refractivity contribution is -0.131. The molecule has 1 aliphatic heterocycles. The fourth-order valence-corrected chi connectivity index (χ4v) is 4.47. The van der Waals surface area contributed by atoms with E-state index in [2.05, 4.69) is 4.98 Å². The summed E-state index contributed by atoms with van der Waals surface area (Å²) < 4.78 is 11.4. The van der Waals surface area contributed by atoms with Gasteiger partial charge in [-0.1, -0.05) is 35.9 Å². The molecule has 0 spiro atoms. The van der Waals surface area contributed by atoms with Crippen molar-refractivity contribution in [3.05, 3.63) is 47.0 Å². The van der Waals surface area contributed by atoms with Gasteiger partial charge in [-0.3, -0.25) is 0 Å². The van der Waals surface area contributed by atoms with E-state index < -0.39 is 12.2 Å². The van der Waals surface area contributed by atoms with E-state index >= 15 is 0 Å². The molecule has 1 aliphatic carbocycles. The van der Waals surface area contributed by atoms with E-state index in [0.717, 1.165) is 35.0 Å². The van der Waals surface area contributed by atoms with Gasteiger partial charge in [0.05, 0.1) is 47.7 Å². The minimum absolute atomic E-state index is 0.0693. The van der Waals surface area contributed by atoms with Crippen LogP contribution >= 0.6 is 11.6 Å². The number of H-pyrrole nitrogens is 1. The number of aliphatic hydroxyl groups excluding tert-OH is 3. The van der Waals surface area contributed by atoms with Crippen molar-refractivity contribution in [2.24, 2.45) is 0 Å². The van der Waals surface area contributed by atoms with Gasteiger partial charge in [-0.2, -0.15) is 0 Å². The lowest BCUT2D eigenvalue weighted by Gasteiger charge is -2.32. The molecule has 4 N–H and O–H groups in total. The van der Waals surface area contributed by atoms with Gasteiger partial charge in [0.25, 0.3) is 0 Å². The van der Waals surface area contributed by atoms with Crippen LogP contribution in [0.15, 0.2) is 36.4 Å². The molecule has 0 bridgehead atoms. The Hall–Kier alpha value is -2.16. The van der Waals surface area contributed by atoms with Gasteiger partial charge in [0.1, 0.15) is 12.2 Å². The largest absolute Gasteiger partial charge is 0.473 e. The molecule has 8 heteroatoms. The second-order valence-electron chi connectivity index (χ2n) is 8.50. The maximum Gasteiger partial charge on any atom is 0.193 e. The molecule has 3 unspecified atom stereocenters. The summed E-state index contributed by atoms with van der Waals surface area (Å²) in [5.74, 6) is 0.521. The standard InChI is InChI=1S/C23H25ClN2O5/c24-16-8-17-18(9-21(25-17)31-15-7-19(29)20(10-27)30-11-15)26-22(16)13-1-3-14(4-2-13)23(12-28)5-6-23/h1-4,8-9,15,19-20,25,27-29H,5-7,10-12H2. The molecule has 2 fully saturated rings. The number of hydrogen-bond acceptors (Lipinski definition) is 6. The molecule has 164 valence electrons. The quantitative estimate of drug-likeness (QED) is 0.465. The van der Waals surface area contributed by atoms with Gasteiger partial charge in [-0.15, -0.1) is 0 Å². The smallest absolute Gasteiger partial charge is 0.193 e. The van der Waals surface area contributed by atoms with Gasteiger partial charge in [0.15, 0.2) is 5.88 Å². The Morgan fingerprint density at radius 3 is 2.61 bits per heavy atom. The Labute approximate surface area is 184 Å². The molecule has 1 saturated heterocycles. The van der Waals surface area contributed by atoms with E-state index in [-0.39, 0.29) is 24.7 Å². The molecule has 2 aromatic heterocycles. The maximum absolute atomic E-state index is 10.0. The van der Waals surface area contributed by atoms with Crippen LogP contribution in [0.4, 0.5) is 0 Å². The number of nitrogens with zero attached hydrogens (tertiary/aromatic N) is 1. The summed E-state index contributed by atoms with van der Waals surface area (Å²) in [6, 6.07) is 11.7. The second-order valence-corrected chi connectivity index (χ2v) is 8.91. The number of hydrogen-bond donors (Lipinski definition) is 4. The summed E-state index contributed by atoms with van der Waals surface area (Å²) in [6.07, 6.45) is 0.754. The molecule has 1 saturated carbocycles. The SMILES string of the molecule is OCC1OCC(Oc2cc3nc(-c4ccc(C5(CO)CC5)cc4)c(Cl)cc3[nH]2)CC1O. The molecule has 7 nitrogen and oxygen atoms in total. The Kier molecular flexibility index (Phi) is 5.40. The topological polar surface area (TPSA) is 108 Å². The molecule has 3 heterocycles. The predicted octanol–water partition coefficient (Wildman–Crippen LogP) is 2.80. The highest BCUT2D eigenvalue weighted by atomic mass is 35.5.